The maximum atomic E-state index is 12.3. The van der Waals surface area contributed by atoms with Gasteiger partial charge in [0.25, 0.3) is 5.91 Å². The average molecular weight is 352 g/mol. The molecule has 122 valence electrons. The molecular formula is C17H19Cl2N3O. The molecule has 23 heavy (non-hydrogen) atoms. The van der Waals surface area contributed by atoms with E-state index in [0.717, 1.165) is 25.2 Å². The Morgan fingerprint density at radius 1 is 1.22 bits per heavy atom. The van der Waals surface area contributed by atoms with Gasteiger partial charge in [0.15, 0.2) is 0 Å². The third-order valence-corrected chi connectivity index (χ3v) is 4.08. The lowest BCUT2D eigenvalue weighted by atomic mass is 10.2. The highest BCUT2D eigenvalue weighted by molar-refractivity contribution is 6.40. The first kappa shape index (κ1) is 17.6. The smallest absolute Gasteiger partial charge is 0.257 e. The van der Waals surface area contributed by atoms with Gasteiger partial charge in [-0.2, -0.15) is 0 Å². The summed E-state index contributed by atoms with van der Waals surface area (Å²) < 4.78 is 0. The second-order valence-electron chi connectivity index (χ2n) is 5.23. The Balaban J connectivity index is 2.08. The molecule has 0 aliphatic rings. The lowest BCUT2D eigenvalue weighted by Crippen LogP contribution is -2.20. The maximum Gasteiger partial charge on any atom is 0.257 e. The van der Waals surface area contributed by atoms with Crippen LogP contribution in [0.5, 0.6) is 0 Å². The zero-order valence-corrected chi connectivity index (χ0v) is 14.7. The van der Waals surface area contributed by atoms with Crippen LogP contribution < -0.4 is 10.2 Å². The number of benzene rings is 1. The summed E-state index contributed by atoms with van der Waals surface area (Å²) in [6.07, 6.45) is 3.78. The van der Waals surface area contributed by atoms with Gasteiger partial charge >= 0.3 is 0 Å². The van der Waals surface area contributed by atoms with Crippen molar-refractivity contribution in [2.24, 2.45) is 0 Å². The molecule has 0 bridgehead atoms. The third kappa shape index (κ3) is 4.60. The zero-order chi connectivity index (χ0) is 16.8. The van der Waals surface area contributed by atoms with E-state index in [4.69, 9.17) is 23.2 Å². The van der Waals surface area contributed by atoms with Crippen LogP contribution >= 0.6 is 23.2 Å². The largest absolute Gasteiger partial charge is 0.360 e. The molecule has 0 fully saturated rings. The molecule has 1 heterocycles. The van der Waals surface area contributed by atoms with E-state index in [-0.39, 0.29) is 5.91 Å². The van der Waals surface area contributed by atoms with Crippen molar-refractivity contribution in [2.45, 2.75) is 19.8 Å². The van der Waals surface area contributed by atoms with Gasteiger partial charge in [-0.25, -0.2) is 4.98 Å². The lowest BCUT2D eigenvalue weighted by Gasteiger charge is -2.17. The van der Waals surface area contributed by atoms with Crippen LogP contribution in [0.3, 0.4) is 0 Å². The van der Waals surface area contributed by atoms with Crippen molar-refractivity contribution in [1.82, 2.24) is 4.98 Å². The van der Waals surface area contributed by atoms with E-state index in [1.807, 2.05) is 13.1 Å². The number of carbonyl (C=O) groups is 1. The first-order valence-corrected chi connectivity index (χ1v) is 8.21. The fourth-order valence-electron chi connectivity index (χ4n) is 2.06. The second-order valence-corrected chi connectivity index (χ2v) is 6.05. The van der Waals surface area contributed by atoms with Crippen molar-refractivity contribution in [3.63, 3.8) is 0 Å². The SMILES string of the molecule is CCCCN(C)c1ccc(C(=O)Nc2c(Cl)cccc2Cl)cn1. The molecule has 0 atom stereocenters. The summed E-state index contributed by atoms with van der Waals surface area (Å²) in [5, 5.41) is 3.52. The molecule has 1 amide bonds. The summed E-state index contributed by atoms with van der Waals surface area (Å²) in [6.45, 7) is 3.08. The topological polar surface area (TPSA) is 45.2 Å². The monoisotopic (exact) mass is 351 g/mol. The molecule has 0 spiro atoms. The highest BCUT2D eigenvalue weighted by Crippen LogP contribution is 2.30. The Morgan fingerprint density at radius 2 is 1.91 bits per heavy atom. The van der Waals surface area contributed by atoms with Gasteiger partial charge in [0, 0.05) is 19.8 Å². The molecule has 4 nitrogen and oxygen atoms in total. The maximum absolute atomic E-state index is 12.3. The molecule has 1 aromatic heterocycles. The molecule has 0 unspecified atom stereocenters. The first-order chi connectivity index (χ1) is 11.0. The minimum atomic E-state index is -0.296. The van der Waals surface area contributed by atoms with Crippen LogP contribution in [0.1, 0.15) is 30.1 Å². The zero-order valence-electron chi connectivity index (χ0n) is 13.1. The molecule has 0 saturated heterocycles. The van der Waals surface area contributed by atoms with Crippen molar-refractivity contribution < 1.29 is 4.79 Å². The number of hydrogen-bond acceptors (Lipinski definition) is 3. The Hall–Kier alpha value is -1.78. The third-order valence-electron chi connectivity index (χ3n) is 3.45. The first-order valence-electron chi connectivity index (χ1n) is 7.45. The summed E-state index contributed by atoms with van der Waals surface area (Å²) in [5.41, 5.74) is 0.860. The van der Waals surface area contributed by atoms with Crippen LogP contribution in [0.25, 0.3) is 0 Å². The quantitative estimate of drug-likeness (QED) is 0.806. The summed E-state index contributed by atoms with van der Waals surface area (Å²) in [6, 6.07) is 8.65. The molecule has 0 radical (unpaired) electrons. The standard InChI is InChI=1S/C17H19Cl2N3O/c1-3-4-10-22(2)15-9-8-12(11-20-15)17(23)21-16-13(18)6-5-7-14(16)19/h5-9,11H,3-4,10H2,1-2H3,(H,21,23). The number of para-hydroxylation sites is 1. The fourth-order valence-corrected chi connectivity index (χ4v) is 2.55. The van der Waals surface area contributed by atoms with Gasteiger partial charge < -0.3 is 10.2 Å². The molecule has 1 aromatic carbocycles. The number of amides is 1. The van der Waals surface area contributed by atoms with E-state index in [2.05, 4.69) is 22.1 Å². The highest BCUT2D eigenvalue weighted by atomic mass is 35.5. The lowest BCUT2D eigenvalue weighted by molar-refractivity contribution is 0.102. The number of nitrogens with one attached hydrogen (secondary N) is 1. The van der Waals surface area contributed by atoms with Crippen LogP contribution in [0.15, 0.2) is 36.5 Å². The molecule has 2 rings (SSSR count). The van der Waals surface area contributed by atoms with Gasteiger partial charge in [-0.15, -0.1) is 0 Å². The fraction of sp³-hybridized carbons (Fsp3) is 0.294. The molecule has 6 heteroatoms. The van der Waals surface area contributed by atoms with Crippen LogP contribution in [-0.2, 0) is 0 Å². The Morgan fingerprint density at radius 3 is 2.48 bits per heavy atom. The van der Waals surface area contributed by atoms with Crippen LogP contribution in [0.2, 0.25) is 10.0 Å². The Bertz CT molecular complexity index is 654. The number of rotatable bonds is 6. The van der Waals surface area contributed by atoms with E-state index >= 15 is 0 Å². The minimum Gasteiger partial charge on any atom is -0.360 e. The van der Waals surface area contributed by atoms with Crippen LogP contribution in [0, 0.1) is 0 Å². The number of unbranched alkanes of at least 4 members (excludes halogenated alkanes) is 1. The van der Waals surface area contributed by atoms with Crippen molar-refractivity contribution in [3.05, 3.63) is 52.1 Å². The predicted octanol–water partition coefficient (Wildman–Crippen LogP) is 4.88. The number of halogens is 2. The molecule has 0 aliphatic carbocycles. The normalized spacial score (nSPS) is 10.4. The number of anilines is 2. The van der Waals surface area contributed by atoms with Gasteiger partial charge in [-0.1, -0.05) is 42.6 Å². The number of carbonyl (C=O) groups excluding carboxylic acids is 1. The summed E-state index contributed by atoms with van der Waals surface area (Å²) in [4.78, 5) is 18.7. The summed E-state index contributed by atoms with van der Waals surface area (Å²) in [5.74, 6) is 0.543. The van der Waals surface area contributed by atoms with Gasteiger partial charge in [0.2, 0.25) is 0 Å². The van der Waals surface area contributed by atoms with Crippen molar-refractivity contribution >= 4 is 40.6 Å². The summed E-state index contributed by atoms with van der Waals surface area (Å²) in [7, 11) is 1.99. The molecule has 1 N–H and O–H groups in total. The Kier molecular flexibility index (Phi) is 6.25. The van der Waals surface area contributed by atoms with Crippen molar-refractivity contribution in [1.29, 1.82) is 0 Å². The molecule has 0 aliphatic heterocycles. The predicted molar refractivity (Wildman–Crippen MR) is 96.8 cm³/mol. The molecule has 0 saturated carbocycles. The van der Waals surface area contributed by atoms with Gasteiger partial charge in [0.05, 0.1) is 21.3 Å². The van der Waals surface area contributed by atoms with E-state index in [0.29, 0.717) is 21.3 Å². The van der Waals surface area contributed by atoms with Gasteiger partial charge in [-0.05, 0) is 30.7 Å². The minimum absolute atomic E-state index is 0.296. The summed E-state index contributed by atoms with van der Waals surface area (Å²) >= 11 is 12.1. The van der Waals surface area contributed by atoms with Crippen molar-refractivity contribution in [3.8, 4) is 0 Å². The average Bonchev–Trinajstić information content (AvgIpc) is 2.56. The van der Waals surface area contributed by atoms with E-state index in [9.17, 15) is 4.79 Å². The van der Waals surface area contributed by atoms with Gasteiger partial charge in [-0.3, -0.25) is 4.79 Å². The van der Waals surface area contributed by atoms with Crippen LogP contribution in [0.4, 0.5) is 11.5 Å². The number of aromatic nitrogens is 1. The van der Waals surface area contributed by atoms with Crippen molar-refractivity contribution in [2.75, 3.05) is 23.8 Å². The van der Waals surface area contributed by atoms with Gasteiger partial charge in [0.1, 0.15) is 5.82 Å². The highest BCUT2D eigenvalue weighted by Gasteiger charge is 2.12. The van der Waals surface area contributed by atoms with E-state index in [1.54, 1.807) is 30.5 Å². The van der Waals surface area contributed by atoms with E-state index < -0.39 is 0 Å². The second kappa shape index (κ2) is 8.18. The van der Waals surface area contributed by atoms with Crippen LogP contribution in [-0.4, -0.2) is 24.5 Å². The van der Waals surface area contributed by atoms with E-state index in [1.165, 1.54) is 0 Å². The Labute approximate surface area is 146 Å². The number of pyridine rings is 1. The molecular weight excluding hydrogens is 333 g/mol. The molecule has 2 aromatic rings. The number of hydrogen-bond donors (Lipinski definition) is 1. The number of nitrogens with zero attached hydrogens (tertiary/aromatic N) is 2.